The number of ether oxygens (including phenoxy) is 2. The first-order chi connectivity index (χ1) is 8.13. The average Bonchev–Trinajstić information content (AvgIpc) is 2.31. The molecule has 0 spiro atoms. The maximum Gasteiger partial charge on any atom is 0.344 e. The highest BCUT2D eigenvalue weighted by molar-refractivity contribution is 9.10. The molecule has 5 heteroatoms. The second-order valence-electron chi connectivity index (χ2n) is 3.44. The van der Waals surface area contributed by atoms with Crippen LogP contribution in [0, 0.1) is 5.82 Å². The van der Waals surface area contributed by atoms with Gasteiger partial charge in [0.2, 0.25) is 0 Å². The van der Waals surface area contributed by atoms with E-state index < -0.39 is 11.8 Å². The second-order valence-corrected chi connectivity index (χ2v) is 4.29. The number of rotatable bonds is 6. The minimum absolute atomic E-state index is 0.217. The van der Waals surface area contributed by atoms with E-state index in [1.54, 1.807) is 0 Å². The molecule has 0 bridgehead atoms. The molecule has 0 heterocycles. The molecule has 3 nitrogen and oxygen atoms in total. The highest BCUT2D eigenvalue weighted by atomic mass is 79.9. The number of hydrogen-bond donors (Lipinski definition) is 0. The lowest BCUT2D eigenvalue weighted by molar-refractivity contribution is -0.146. The summed E-state index contributed by atoms with van der Waals surface area (Å²) in [6.45, 7) is 2.18. The van der Waals surface area contributed by atoms with Crippen LogP contribution in [0.5, 0.6) is 5.75 Å². The van der Waals surface area contributed by atoms with E-state index in [-0.39, 0.29) is 12.4 Å². The highest BCUT2D eigenvalue weighted by Crippen LogP contribution is 2.25. The Labute approximate surface area is 108 Å². The maximum absolute atomic E-state index is 12.9. The molecule has 1 aromatic rings. The molecule has 0 saturated carbocycles. The summed E-state index contributed by atoms with van der Waals surface area (Å²) in [7, 11) is 0. The average molecular weight is 305 g/mol. The van der Waals surface area contributed by atoms with Crippen LogP contribution < -0.4 is 4.74 Å². The summed E-state index contributed by atoms with van der Waals surface area (Å²) in [5.74, 6) is -0.574. The minimum atomic E-state index is -0.449. The van der Waals surface area contributed by atoms with E-state index in [2.05, 4.69) is 15.9 Å². The number of hydrogen-bond acceptors (Lipinski definition) is 3. The molecule has 0 aromatic heterocycles. The van der Waals surface area contributed by atoms with Crippen LogP contribution in [0.2, 0.25) is 0 Å². The van der Waals surface area contributed by atoms with Gasteiger partial charge in [-0.1, -0.05) is 13.3 Å². The van der Waals surface area contributed by atoms with Crippen molar-refractivity contribution in [3.63, 3.8) is 0 Å². The highest BCUT2D eigenvalue weighted by Gasteiger charge is 2.07. The zero-order valence-electron chi connectivity index (χ0n) is 9.54. The Morgan fingerprint density at radius 1 is 1.47 bits per heavy atom. The Morgan fingerprint density at radius 2 is 2.24 bits per heavy atom. The third-order valence-corrected chi connectivity index (χ3v) is 2.65. The van der Waals surface area contributed by atoms with Crippen molar-refractivity contribution >= 4 is 21.9 Å². The van der Waals surface area contributed by atoms with Gasteiger partial charge >= 0.3 is 5.97 Å². The van der Waals surface area contributed by atoms with Crippen molar-refractivity contribution in [1.29, 1.82) is 0 Å². The fourth-order valence-electron chi connectivity index (χ4n) is 1.10. The zero-order valence-corrected chi connectivity index (χ0v) is 11.1. The van der Waals surface area contributed by atoms with E-state index in [1.165, 1.54) is 18.2 Å². The number of benzene rings is 1. The lowest BCUT2D eigenvalue weighted by Crippen LogP contribution is -2.15. The van der Waals surface area contributed by atoms with Crippen LogP contribution >= 0.6 is 15.9 Å². The summed E-state index contributed by atoms with van der Waals surface area (Å²) in [6.07, 6.45) is 1.79. The molecule has 0 atom stereocenters. The van der Waals surface area contributed by atoms with Gasteiger partial charge in [-0.3, -0.25) is 0 Å². The summed E-state index contributed by atoms with van der Waals surface area (Å²) in [5.41, 5.74) is 0. The largest absolute Gasteiger partial charge is 0.481 e. The molecule has 0 aliphatic carbocycles. The number of halogens is 2. The number of esters is 1. The van der Waals surface area contributed by atoms with E-state index in [4.69, 9.17) is 9.47 Å². The SMILES string of the molecule is CCCCOC(=O)COc1cc(F)ccc1Br. The molecule has 0 N–H and O–H groups in total. The molecule has 0 fully saturated rings. The molecule has 0 aliphatic heterocycles. The van der Waals surface area contributed by atoms with Gasteiger partial charge in [-0.15, -0.1) is 0 Å². The molecule has 0 unspecified atom stereocenters. The Kier molecular flexibility index (Phi) is 5.97. The summed E-state index contributed by atoms with van der Waals surface area (Å²) in [5, 5.41) is 0. The minimum Gasteiger partial charge on any atom is -0.481 e. The lowest BCUT2D eigenvalue weighted by Gasteiger charge is -2.08. The van der Waals surface area contributed by atoms with Crippen molar-refractivity contribution in [1.82, 2.24) is 0 Å². The quantitative estimate of drug-likeness (QED) is 0.597. The van der Waals surface area contributed by atoms with Gasteiger partial charge < -0.3 is 9.47 Å². The van der Waals surface area contributed by atoms with E-state index >= 15 is 0 Å². The fourth-order valence-corrected chi connectivity index (χ4v) is 1.46. The molecule has 0 amide bonds. The van der Waals surface area contributed by atoms with Crippen LogP contribution in [0.15, 0.2) is 22.7 Å². The van der Waals surface area contributed by atoms with E-state index in [0.717, 1.165) is 12.8 Å². The third-order valence-electron chi connectivity index (χ3n) is 2.00. The van der Waals surface area contributed by atoms with Crippen molar-refractivity contribution in [3.8, 4) is 5.75 Å². The van der Waals surface area contributed by atoms with Gasteiger partial charge in [0.15, 0.2) is 6.61 Å². The van der Waals surface area contributed by atoms with Crippen molar-refractivity contribution in [2.24, 2.45) is 0 Å². The summed E-state index contributed by atoms with van der Waals surface area (Å²) in [4.78, 5) is 11.2. The first-order valence-electron chi connectivity index (χ1n) is 5.37. The lowest BCUT2D eigenvalue weighted by atomic mass is 10.3. The van der Waals surface area contributed by atoms with E-state index in [1.807, 2.05) is 6.92 Å². The summed E-state index contributed by atoms with van der Waals surface area (Å²) in [6, 6.07) is 4.03. The maximum atomic E-state index is 12.9. The molecular formula is C12H14BrFO3. The van der Waals surface area contributed by atoms with Gasteiger partial charge in [0, 0.05) is 6.07 Å². The summed E-state index contributed by atoms with van der Waals surface area (Å²) >= 11 is 3.20. The number of carbonyl (C=O) groups is 1. The predicted octanol–water partition coefficient (Wildman–Crippen LogP) is 3.31. The zero-order chi connectivity index (χ0) is 12.7. The van der Waals surface area contributed by atoms with Gasteiger partial charge in [0.25, 0.3) is 0 Å². The van der Waals surface area contributed by atoms with Crippen LogP contribution in [0.4, 0.5) is 4.39 Å². The van der Waals surface area contributed by atoms with Crippen LogP contribution in [0.1, 0.15) is 19.8 Å². The van der Waals surface area contributed by atoms with Crippen LogP contribution in [0.25, 0.3) is 0 Å². The first-order valence-corrected chi connectivity index (χ1v) is 6.16. The smallest absolute Gasteiger partial charge is 0.344 e. The Morgan fingerprint density at radius 3 is 2.94 bits per heavy atom. The van der Waals surface area contributed by atoms with Gasteiger partial charge in [0.05, 0.1) is 11.1 Å². The van der Waals surface area contributed by atoms with Crippen molar-refractivity contribution in [2.75, 3.05) is 13.2 Å². The Bertz CT molecular complexity index is 382. The van der Waals surface area contributed by atoms with Gasteiger partial charge in [0.1, 0.15) is 11.6 Å². The first kappa shape index (κ1) is 14.0. The van der Waals surface area contributed by atoms with Gasteiger partial charge in [-0.2, -0.15) is 0 Å². The summed E-state index contributed by atoms with van der Waals surface area (Å²) < 4.78 is 23.6. The third kappa shape index (κ3) is 5.17. The molecule has 1 rings (SSSR count). The topological polar surface area (TPSA) is 35.5 Å². The van der Waals surface area contributed by atoms with Crippen LogP contribution in [-0.4, -0.2) is 19.2 Å². The standard InChI is InChI=1S/C12H14BrFO3/c1-2-3-6-16-12(15)8-17-11-7-9(14)4-5-10(11)13/h4-5,7H,2-3,6,8H2,1H3. The number of unbranched alkanes of at least 4 members (excludes halogenated alkanes) is 1. The van der Waals surface area contributed by atoms with Crippen molar-refractivity contribution < 1.29 is 18.7 Å². The van der Waals surface area contributed by atoms with Crippen molar-refractivity contribution in [2.45, 2.75) is 19.8 Å². The normalized spacial score (nSPS) is 10.1. The molecule has 1 aromatic carbocycles. The predicted molar refractivity (Wildman–Crippen MR) is 65.5 cm³/mol. The van der Waals surface area contributed by atoms with Gasteiger partial charge in [-0.25, -0.2) is 9.18 Å². The van der Waals surface area contributed by atoms with E-state index in [9.17, 15) is 9.18 Å². The Hall–Kier alpha value is -1.10. The molecule has 94 valence electrons. The van der Waals surface area contributed by atoms with E-state index in [0.29, 0.717) is 11.1 Å². The monoisotopic (exact) mass is 304 g/mol. The molecule has 0 aliphatic rings. The van der Waals surface area contributed by atoms with Gasteiger partial charge in [-0.05, 0) is 34.5 Å². The molecule has 17 heavy (non-hydrogen) atoms. The van der Waals surface area contributed by atoms with Crippen LogP contribution in [0.3, 0.4) is 0 Å². The van der Waals surface area contributed by atoms with Crippen LogP contribution in [-0.2, 0) is 9.53 Å². The second kappa shape index (κ2) is 7.27. The molecule has 0 radical (unpaired) electrons. The Balaban J connectivity index is 2.39. The number of carbonyl (C=O) groups excluding carboxylic acids is 1. The fraction of sp³-hybridized carbons (Fsp3) is 0.417. The molecule has 0 saturated heterocycles. The molecular weight excluding hydrogens is 291 g/mol. The van der Waals surface area contributed by atoms with Crippen molar-refractivity contribution in [3.05, 3.63) is 28.5 Å².